The van der Waals surface area contributed by atoms with Crippen LogP contribution in [0, 0.1) is 0 Å². The first-order valence-corrected chi connectivity index (χ1v) is 9.50. The summed E-state index contributed by atoms with van der Waals surface area (Å²) in [5, 5.41) is 4.43. The molecule has 0 radical (unpaired) electrons. The molecule has 19 heavy (non-hydrogen) atoms. The molecule has 1 aromatic rings. The number of amidine groups is 1. The lowest BCUT2D eigenvalue weighted by atomic mass is 9.97. The Morgan fingerprint density at radius 3 is 2.26 bits per heavy atom. The van der Waals surface area contributed by atoms with Crippen molar-refractivity contribution in [3.05, 3.63) is 25.6 Å². The number of rotatable bonds is 3. The van der Waals surface area contributed by atoms with Crippen LogP contribution < -0.4 is 5.32 Å². The van der Waals surface area contributed by atoms with Crippen molar-refractivity contribution in [2.24, 2.45) is 4.99 Å². The second-order valence-corrected chi connectivity index (χ2v) is 8.09. The summed E-state index contributed by atoms with van der Waals surface area (Å²) in [7, 11) is 0. The van der Waals surface area contributed by atoms with Gasteiger partial charge in [0.1, 0.15) is 0 Å². The van der Waals surface area contributed by atoms with E-state index in [4.69, 9.17) is 4.99 Å². The van der Waals surface area contributed by atoms with Crippen LogP contribution in [-0.2, 0) is 0 Å². The number of nitrogens with one attached hydrogen (secondary N) is 1. The first kappa shape index (κ1) is 15.9. The van der Waals surface area contributed by atoms with E-state index in [0.29, 0.717) is 0 Å². The van der Waals surface area contributed by atoms with Gasteiger partial charge in [-0.3, -0.25) is 4.99 Å². The average molecular weight is 471 g/mol. The Bertz CT molecular complexity index is 490. The minimum absolute atomic E-state index is 0.112. The van der Waals surface area contributed by atoms with Crippen molar-refractivity contribution in [3.8, 4) is 0 Å². The zero-order valence-electron chi connectivity index (χ0n) is 10.8. The molecule has 0 fully saturated rings. The van der Waals surface area contributed by atoms with Crippen molar-refractivity contribution in [2.45, 2.75) is 32.2 Å². The van der Waals surface area contributed by atoms with Gasteiger partial charge in [0.2, 0.25) is 0 Å². The standard InChI is InChI=1S/C13H15Br3N2S/c1-3-13(4-2)7-19-12(18-13)17-11-9(15)5-8(14)6-10(11)16/h5-6H,3-4,7H2,1-2H3,(H,17,18). The van der Waals surface area contributed by atoms with Crippen molar-refractivity contribution in [1.29, 1.82) is 0 Å². The summed E-state index contributed by atoms with van der Waals surface area (Å²) in [5.41, 5.74) is 1.14. The Labute approximate surface area is 143 Å². The van der Waals surface area contributed by atoms with E-state index in [-0.39, 0.29) is 5.54 Å². The van der Waals surface area contributed by atoms with Crippen LogP contribution >= 0.6 is 59.6 Å². The zero-order chi connectivity index (χ0) is 14.0. The lowest BCUT2D eigenvalue weighted by Crippen LogP contribution is -2.24. The molecule has 0 aromatic heterocycles. The summed E-state index contributed by atoms with van der Waals surface area (Å²) in [6.45, 7) is 4.42. The third kappa shape index (κ3) is 3.57. The first-order chi connectivity index (χ1) is 8.99. The fourth-order valence-corrected chi connectivity index (χ4v) is 5.70. The number of hydrogen-bond donors (Lipinski definition) is 1. The summed E-state index contributed by atoms with van der Waals surface area (Å²) < 4.78 is 3.07. The van der Waals surface area contributed by atoms with Gasteiger partial charge in [-0.15, -0.1) is 0 Å². The van der Waals surface area contributed by atoms with E-state index in [1.165, 1.54) is 0 Å². The molecule has 1 heterocycles. The molecular weight excluding hydrogens is 456 g/mol. The van der Waals surface area contributed by atoms with Gasteiger partial charge in [0.25, 0.3) is 0 Å². The average Bonchev–Trinajstić information content (AvgIpc) is 2.78. The van der Waals surface area contributed by atoms with Crippen molar-refractivity contribution in [2.75, 3.05) is 11.1 Å². The second-order valence-electron chi connectivity index (χ2n) is 4.51. The minimum atomic E-state index is 0.112. The van der Waals surface area contributed by atoms with Gasteiger partial charge >= 0.3 is 0 Å². The Balaban J connectivity index is 2.24. The number of thioether (sulfide) groups is 1. The minimum Gasteiger partial charge on any atom is -0.333 e. The van der Waals surface area contributed by atoms with Crippen molar-refractivity contribution in [3.63, 3.8) is 0 Å². The number of halogens is 3. The lowest BCUT2D eigenvalue weighted by molar-refractivity contribution is 0.456. The molecule has 2 nitrogen and oxygen atoms in total. The highest BCUT2D eigenvalue weighted by atomic mass is 79.9. The zero-order valence-corrected chi connectivity index (χ0v) is 16.3. The van der Waals surface area contributed by atoms with Crippen LogP contribution in [0.15, 0.2) is 30.5 Å². The van der Waals surface area contributed by atoms with Crippen molar-refractivity contribution < 1.29 is 0 Å². The Hall–Kier alpha value is 0.480. The molecule has 1 aliphatic heterocycles. The molecule has 1 aliphatic rings. The van der Waals surface area contributed by atoms with Gasteiger partial charge in [-0.1, -0.05) is 41.5 Å². The number of benzene rings is 1. The van der Waals surface area contributed by atoms with E-state index in [1.807, 2.05) is 12.1 Å². The monoisotopic (exact) mass is 468 g/mol. The largest absolute Gasteiger partial charge is 0.333 e. The number of nitrogens with zero attached hydrogens (tertiary/aromatic N) is 1. The van der Waals surface area contributed by atoms with Crippen LogP contribution in [0.4, 0.5) is 5.69 Å². The van der Waals surface area contributed by atoms with E-state index < -0.39 is 0 Å². The molecule has 0 amide bonds. The molecule has 1 N–H and O–H groups in total. The molecule has 0 aliphatic carbocycles. The molecule has 1 aromatic carbocycles. The lowest BCUT2D eigenvalue weighted by Gasteiger charge is -2.20. The highest BCUT2D eigenvalue weighted by molar-refractivity contribution is 9.11. The summed E-state index contributed by atoms with van der Waals surface area (Å²) in [4.78, 5) is 4.87. The Kier molecular flexibility index (Phi) is 5.42. The maximum absolute atomic E-state index is 4.87. The summed E-state index contributed by atoms with van der Waals surface area (Å²) >= 11 is 12.4. The second kappa shape index (κ2) is 6.50. The summed E-state index contributed by atoms with van der Waals surface area (Å²) in [5.74, 6) is 1.06. The quantitative estimate of drug-likeness (QED) is 0.581. The molecule has 0 spiro atoms. The fraction of sp³-hybridized carbons (Fsp3) is 0.462. The van der Waals surface area contributed by atoms with E-state index in [0.717, 1.165) is 42.9 Å². The highest BCUT2D eigenvalue weighted by Crippen LogP contribution is 2.38. The Morgan fingerprint density at radius 1 is 1.21 bits per heavy atom. The summed E-state index contributed by atoms with van der Waals surface area (Å²) in [6, 6.07) is 4.06. The molecular formula is C13H15Br3N2S. The molecule has 104 valence electrons. The molecule has 6 heteroatoms. The SMILES string of the molecule is CCC1(CC)CSC(Nc2c(Br)cc(Br)cc2Br)=N1. The number of aliphatic imine (C=N–C) groups is 1. The van der Waals surface area contributed by atoms with Crippen LogP contribution in [-0.4, -0.2) is 16.5 Å². The highest BCUT2D eigenvalue weighted by Gasteiger charge is 2.32. The normalized spacial score (nSPS) is 17.4. The third-order valence-corrected chi connectivity index (χ3v) is 6.23. The van der Waals surface area contributed by atoms with Crippen LogP contribution in [0.25, 0.3) is 0 Å². The van der Waals surface area contributed by atoms with Gasteiger partial charge in [0, 0.05) is 19.2 Å². The smallest absolute Gasteiger partial charge is 0.161 e. The van der Waals surface area contributed by atoms with Gasteiger partial charge in [0.15, 0.2) is 5.17 Å². The van der Waals surface area contributed by atoms with Gasteiger partial charge < -0.3 is 5.32 Å². The van der Waals surface area contributed by atoms with Crippen LogP contribution in [0.2, 0.25) is 0 Å². The van der Waals surface area contributed by atoms with Crippen LogP contribution in [0.3, 0.4) is 0 Å². The van der Waals surface area contributed by atoms with Crippen molar-refractivity contribution in [1.82, 2.24) is 0 Å². The maximum atomic E-state index is 4.87. The van der Waals surface area contributed by atoms with Gasteiger partial charge in [-0.05, 0) is 56.8 Å². The summed E-state index contributed by atoms with van der Waals surface area (Å²) in [6.07, 6.45) is 2.18. The molecule has 2 rings (SSSR count). The van der Waals surface area contributed by atoms with E-state index >= 15 is 0 Å². The first-order valence-electron chi connectivity index (χ1n) is 6.14. The van der Waals surface area contributed by atoms with Gasteiger partial charge in [0.05, 0.1) is 11.2 Å². The molecule has 0 saturated carbocycles. The van der Waals surface area contributed by atoms with Gasteiger partial charge in [-0.25, -0.2) is 0 Å². The van der Waals surface area contributed by atoms with E-state index in [2.05, 4.69) is 67.0 Å². The molecule has 0 bridgehead atoms. The molecule has 0 saturated heterocycles. The maximum Gasteiger partial charge on any atom is 0.161 e. The van der Waals surface area contributed by atoms with Gasteiger partial charge in [-0.2, -0.15) is 0 Å². The predicted molar refractivity (Wildman–Crippen MR) is 96.4 cm³/mol. The van der Waals surface area contributed by atoms with Crippen molar-refractivity contribution >= 4 is 70.4 Å². The predicted octanol–water partition coefficient (Wildman–Crippen LogP) is 6.05. The Morgan fingerprint density at radius 2 is 1.79 bits per heavy atom. The molecule has 0 unspecified atom stereocenters. The van der Waals surface area contributed by atoms with Crippen LogP contribution in [0.1, 0.15) is 26.7 Å². The fourth-order valence-electron chi connectivity index (χ4n) is 1.93. The topological polar surface area (TPSA) is 24.4 Å². The van der Waals surface area contributed by atoms with E-state index in [1.54, 1.807) is 11.8 Å². The number of hydrogen-bond acceptors (Lipinski definition) is 3. The number of anilines is 1. The van der Waals surface area contributed by atoms with E-state index in [9.17, 15) is 0 Å². The third-order valence-electron chi connectivity index (χ3n) is 3.37. The molecule has 0 atom stereocenters. The van der Waals surface area contributed by atoms with Crippen LogP contribution in [0.5, 0.6) is 0 Å².